The van der Waals surface area contributed by atoms with Gasteiger partial charge in [-0.05, 0) is 70.0 Å². The molecule has 5 aromatic rings. The van der Waals surface area contributed by atoms with E-state index in [1.54, 1.807) is 71.6 Å². The lowest BCUT2D eigenvalue weighted by Crippen LogP contribution is -2.41. The van der Waals surface area contributed by atoms with Crippen LogP contribution >= 0.6 is 0 Å². The van der Waals surface area contributed by atoms with Crippen LogP contribution in [0.1, 0.15) is 93.5 Å². The molecule has 0 saturated carbocycles. The van der Waals surface area contributed by atoms with Gasteiger partial charge in [0.05, 0.1) is 29.4 Å². The van der Waals surface area contributed by atoms with E-state index in [-0.39, 0.29) is 17.7 Å². The summed E-state index contributed by atoms with van der Waals surface area (Å²) in [5, 5.41) is 0. The van der Waals surface area contributed by atoms with Crippen LogP contribution in [0, 0.1) is 20.8 Å². The molecule has 1 fully saturated rings. The Bertz CT molecular complexity index is 2130. The van der Waals surface area contributed by atoms with Crippen molar-refractivity contribution in [1.82, 2.24) is 24.4 Å². The van der Waals surface area contributed by atoms with E-state index >= 15 is 0 Å². The van der Waals surface area contributed by atoms with E-state index in [2.05, 4.69) is 33.7 Å². The number of hydrogen-bond donors (Lipinski definition) is 0. The summed E-state index contributed by atoms with van der Waals surface area (Å²) in [6.07, 6.45) is 4.21. The second kappa shape index (κ2) is 18.6. The highest BCUT2D eigenvalue weighted by Crippen LogP contribution is 2.37. The quantitative estimate of drug-likeness (QED) is 0.0426. The number of aliphatic imine (C=N–C) groups is 1. The Hall–Kier alpha value is -5.95. The molecule has 2 aromatic heterocycles. The van der Waals surface area contributed by atoms with Gasteiger partial charge in [-0.15, -0.1) is 0 Å². The zero-order valence-electron chi connectivity index (χ0n) is 32.5. The van der Waals surface area contributed by atoms with E-state index in [1.165, 1.54) is 12.7 Å². The molecule has 4 atom stereocenters. The zero-order valence-corrected chi connectivity index (χ0v) is 32.5. The number of carbonyl (C=O) groups excluding carboxylic acids is 3. The molecule has 3 heterocycles. The third-order valence-electron chi connectivity index (χ3n) is 9.57. The number of hydrogen-bond acceptors (Lipinski definition) is 11. The first-order valence-corrected chi connectivity index (χ1v) is 19.1. The Kier molecular flexibility index (Phi) is 13.2. The lowest BCUT2D eigenvalue weighted by Gasteiger charge is -2.25. The molecule has 13 nitrogen and oxygen atoms in total. The smallest absolute Gasteiger partial charge is 0.338 e. The number of aryl methyl sites for hydroxylation is 3. The predicted molar refractivity (Wildman–Crippen MR) is 211 cm³/mol. The molecule has 1 aliphatic heterocycles. The number of benzene rings is 3. The molecule has 1 saturated heterocycles. The molecule has 0 unspecified atom stereocenters. The molecule has 13 heteroatoms. The van der Waals surface area contributed by atoms with E-state index in [0.717, 1.165) is 55.5 Å². The summed E-state index contributed by atoms with van der Waals surface area (Å²) in [4.78, 5) is 61.2. The maximum absolute atomic E-state index is 13.8. The fourth-order valence-electron chi connectivity index (χ4n) is 6.23. The minimum Gasteiger partial charge on any atom is -0.459 e. The molecule has 0 radical (unpaired) electrons. The molecule has 1 aliphatic rings. The average molecular weight is 761 g/mol. The molecule has 3 aromatic carbocycles. The van der Waals surface area contributed by atoms with Crippen molar-refractivity contribution in [2.24, 2.45) is 4.99 Å². The molecule has 292 valence electrons. The topological polar surface area (TPSA) is 147 Å². The first-order chi connectivity index (χ1) is 27.1. The van der Waals surface area contributed by atoms with Gasteiger partial charge in [0.25, 0.3) is 0 Å². The van der Waals surface area contributed by atoms with E-state index in [0.29, 0.717) is 22.5 Å². The Morgan fingerprint density at radius 3 is 1.79 bits per heavy atom. The summed E-state index contributed by atoms with van der Waals surface area (Å²) < 4.78 is 26.3. The Labute approximate surface area is 326 Å². The lowest BCUT2D eigenvalue weighted by atomic mass is 10.1. The largest absolute Gasteiger partial charge is 0.459 e. The SMILES string of the molecule is CCCCN(/C=N\c1ncnc2c1ncn2[C@@H]1O[C@H](COC(=O)c2ccc(C)cc2)[C@@H](OC(=O)c2ccc(C)cc2)[C@H]1OC(=O)c1ccc(C)cc1)CCCC. The Morgan fingerprint density at radius 2 is 1.25 bits per heavy atom. The summed E-state index contributed by atoms with van der Waals surface area (Å²) in [5.41, 5.74) is 4.57. The van der Waals surface area contributed by atoms with Gasteiger partial charge in [-0.3, -0.25) is 4.57 Å². The fourth-order valence-corrected chi connectivity index (χ4v) is 6.23. The van der Waals surface area contributed by atoms with Crippen LogP contribution in [0.15, 0.2) is 90.4 Å². The highest BCUT2D eigenvalue weighted by molar-refractivity contribution is 5.91. The van der Waals surface area contributed by atoms with Crippen LogP contribution in [0.2, 0.25) is 0 Å². The fraction of sp³-hybridized carbons (Fsp3) is 0.372. The summed E-state index contributed by atoms with van der Waals surface area (Å²) in [5.74, 6) is -1.58. The van der Waals surface area contributed by atoms with Crippen LogP contribution in [-0.4, -0.2) is 86.7 Å². The van der Waals surface area contributed by atoms with E-state index in [4.69, 9.17) is 23.9 Å². The number of rotatable bonds is 16. The van der Waals surface area contributed by atoms with Gasteiger partial charge in [0.1, 0.15) is 19.0 Å². The van der Waals surface area contributed by atoms with Gasteiger partial charge in [-0.2, -0.15) is 0 Å². The van der Waals surface area contributed by atoms with E-state index < -0.39 is 42.4 Å². The number of esters is 3. The minimum absolute atomic E-state index is 0.285. The van der Waals surface area contributed by atoms with Gasteiger partial charge in [0, 0.05) is 13.1 Å². The lowest BCUT2D eigenvalue weighted by molar-refractivity contribution is -0.0606. The van der Waals surface area contributed by atoms with Gasteiger partial charge in [-0.25, -0.2) is 34.3 Å². The molecule has 6 rings (SSSR count). The number of ether oxygens (including phenoxy) is 4. The second-order valence-corrected chi connectivity index (χ2v) is 14.0. The molecule has 0 spiro atoms. The van der Waals surface area contributed by atoms with E-state index in [1.807, 2.05) is 32.9 Å². The van der Waals surface area contributed by atoms with E-state index in [9.17, 15) is 14.4 Å². The highest BCUT2D eigenvalue weighted by atomic mass is 16.7. The summed E-state index contributed by atoms with van der Waals surface area (Å²) in [7, 11) is 0. The van der Waals surface area contributed by atoms with Crippen molar-refractivity contribution in [1.29, 1.82) is 0 Å². The second-order valence-electron chi connectivity index (χ2n) is 14.0. The summed E-state index contributed by atoms with van der Waals surface area (Å²) in [6, 6.07) is 20.8. The maximum atomic E-state index is 13.8. The number of imidazole rings is 1. The normalized spacial score (nSPS) is 17.9. The number of aromatic nitrogens is 4. The number of unbranched alkanes of at least 4 members (excludes halogenated alkanes) is 2. The number of fused-ring (bicyclic) bond motifs is 1. The maximum Gasteiger partial charge on any atom is 0.338 e. The molecule has 0 amide bonds. The van der Waals surface area contributed by atoms with Crippen molar-refractivity contribution in [3.8, 4) is 0 Å². The van der Waals surface area contributed by atoms with Crippen LogP contribution < -0.4 is 0 Å². The third-order valence-corrected chi connectivity index (χ3v) is 9.57. The van der Waals surface area contributed by atoms with Crippen LogP contribution in [-0.2, 0) is 18.9 Å². The van der Waals surface area contributed by atoms with Crippen molar-refractivity contribution in [2.45, 2.75) is 84.8 Å². The van der Waals surface area contributed by atoms with Gasteiger partial charge in [-0.1, -0.05) is 79.8 Å². The van der Waals surface area contributed by atoms with Gasteiger partial charge >= 0.3 is 17.9 Å². The zero-order chi connectivity index (χ0) is 39.6. The monoisotopic (exact) mass is 760 g/mol. The average Bonchev–Trinajstić information content (AvgIpc) is 3.78. The van der Waals surface area contributed by atoms with Gasteiger partial charge in [0.2, 0.25) is 0 Å². The highest BCUT2D eigenvalue weighted by Gasteiger charge is 2.52. The standard InChI is InChI=1S/C43H48N6O7/c1-6-8-22-48(23-9-7-2)26-47-38-35-39(45-25-44-38)49(27-46-35)40-37(56-43(52)33-20-14-30(5)15-21-33)36(55-42(51)32-18-12-29(4)13-19-32)34(54-40)24-53-41(50)31-16-10-28(3)11-17-31/h10-21,25-27,34,36-37,40H,6-9,22-24H2,1-5H3/b47-26-/t34-,36-,37-,40-/m1/s1. The first-order valence-electron chi connectivity index (χ1n) is 19.1. The molecular formula is C43H48N6O7. The molecule has 0 bridgehead atoms. The van der Waals surface area contributed by atoms with Gasteiger partial charge < -0.3 is 23.8 Å². The van der Waals surface area contributed by atoms with Crippen molar-refractivity contribution in [2.75, 3.05) is 19.7 Å². The first kappa shape index (κ1) is 39.7. The summed E-state index contributed by atoms with van der Waals surface area (Å²) >= 11 is 0. The number of nitrogens with zero attached hydrogens (tertiary/aromatic N) is 6. The summed E-state index contributed by atoms with van der Waals surface area (Å²) in [6.45, 7) is 11.5. The van der Waals surface area contributed by atoms with Crippen molar-refractivity contribution in [3.63, 3.8) is 0 Å². The molecule has 0 N–H and O–H groups in total. The molecule has 56 heavy (non-hydrogen) atoms. The van der Waals surface area contributed by atoms with Crippen LogP contribution in [0.4, 0.5) is 5.82 Å². The predicted octanol–water partition coefficient (Wildman–Crippen LogP) is 7.52. The minimum atomic E-state index is -1.24. The number of carbonyl (C=O) groups is 3. The van der Waals surface area contributed by atoms with Crippen LogP contribution in [0.5, 0.6) is 0 Å². The van der Waals surface area contributed by atoms with Crippen molar-refractivity contribution >= 4 is 41.2 Å². The van der Waals surface area contributed by atoms with Crippen molar-refractivity contribution in [3.05, 3.63) is 119 Å². The molecule has 0 aliphatic carbocycles. The third kappa shape index (κ3) is 9.64. The molecular weight excluding hydrogens is 713 g/mol. The van der Waals surface area contributed by atoms with Crippen LogP contribution in [0.25, 0.3) is 11.2 Å². The Balaban J connectivity index is 1.37. The van der Waals surface area contributed by atoms with Crippen LogP contribution in [0.3, 0.4) is 0 Å². The van der Waals surface area contributed by atoms with Gasteiger partial charge in [0.15, 0.2) is 35.4 Å². The Morgan fingerprint density at radius 1 is 0.732 bits per heavy atom. The van der Waals surface area contributed by atoms with Crippen molar-refractivity contribution < 1.29 is 33.3 Å².